The number of nitrogens with zero attached hydrogens (tertiary/aromatic N) is 1. The standard InChI is InChI=1S/C16H18N2O5/c1-8-11(12-13(20)15(22)14(12)21)16(23)18(17-8)7-6-10(19)9-4-2-3-5-9/h9,17,20H,2-7H2,1H3. The minimum absolute atomic E-state index is 0.0143. The molecule has 7 nitrogen and oxygen atoms in total. The maximum absolute atomic E-state index is 12.4. The molecule has 1 aliphatic carbocycles. The highest BCUT2D eigenvalue weighted by Gasteiger charge is 2.28. The van der Waals surface area contributed by atoms with Gasteiger partial charge in [-0.25, -0.2) is 0 Å². The van der Waals surface area contributed by atoms with Crippen molar-refractivity contribution in [3.8, 4) is 16.9 Å². The molecular formula is C16H18N2O5. The molecule has 0 spiro atoms. The molecule has 7 heteroatoms. The lowest BCUT2D eigenvalue weighted by Gasteiger charge is -2.07. The van der Waals surface area contributed by atoms with Crippen molar-refractivity contribution in [2.75, 3.05) is 0 Å². The highest BCUT2D eigenvalue weighted by atomic mass is 16.3. The van der Waals surface area contributed by atoms with Gasteiger partial charge in [0.2, 0.25) is 5.43 Å². The molecule has 122 valence electrons. The molecule has 1 saturated carbocycles. The maximum Gasteiger partial charge on any atom is 0.274 e. The number of hydrogen-bond acceptors (Lipinski definition) is 5. The number of aromatic hydroxyl groups is 1. The van der Waals surface area contributed by atoms with Crippen LogP contribution in [0.15, 0.2) is 14.4 Å². The molecule has 0 saturated heterocycles. The third kappa shape index (κ3) is 2.46. The molecule has 1 aromatic carbocycles. The van der Waals surface area contributed by atoms with E-state index in [0.717, 1.165) is 25.7 Å². The molecule has 1 aliphatic rings. The van der Waals surface area contributed by atoms with Gasteiger partial charge in [-0.2, -0.15) is 0 Å². The van der Waals surface area contributed by atoms with Crippen LogP contribution in [0.3, 0.4) is 0 Å². The van der Waals surface area contributed by atoms with Crippen LogP contribution >= 0.6 is 0 Å². The Hall–Kier alpha value is -2.44. The lowest BCUT2D eigenvalue weighted by atomic mass is 10.00. The van der Waals surface area contributed by atoms with Crippen LogP contribution in [0.4, 0.5) is 0 Å². The molecule has 0 unspecified atom stereocenters. The van der Waals surface area contributed by atoms with E-state index in [1.54, 1.807) is 6.92 Å². The maximum atomic E-state index is 12.4. The highest BCUT2D eigenvalue weighted by Crippen LogP contribution is 2.27. The Morgan fingerprint density at radius 2 is 1.83 bits per heavy atom. The van der Waals surface area contributed by atoms with E-state index in [1.807, 2.05) is 0 Å². The molecule has 2 aromatic rings. The number of aromatic nitrogens is 2. The third-order valence-electron chi connectivity index (χ3n) is 4.66. The van der Waals surface area contributed by atoms with Crippen molar-refractivity contribution in [3.63, 3.8) is 0 Å². The summed E-state index contributed by atoms with van der Waals surface area (Å²) in [5.74, 6) is -0.414. The van der Waals surface area contributed by atoms with Gasteiger partial charge in [0.25, 0.3) is 11.0 Å². The van der Waals surface area contributed by atoms with Gasteiger partial charge in [0.1, 0.15) is 5.78 Å². The van der Waals surface area contributed by atoms with Crippen molar-refractivity contribution in [2.24, 2.45) is 5.92 Å². The quantitative estimate of drug-likeness (QED) is 0.785. The van der Waals surface area contributed by atoms with Crippen LogP contribution in [0.2, 0.25) is 0 Å². The Morgan fingerprint density at radius 1 is 1.17 bits per heavy atom. The summed E-state index contributed by atoms with van der Waals surface area (Å²) in [5.41, 5.74) is -2.14. The second-order valence-electron chi connectivity index (χ2n) is 6.15. The van der Waals surface area contributed by atoms with Gasteiger partial charge in [-0.1, -0.05) is 12.8 Å². The predicted molar refractivity (Wildman–Crippen MR) is 83.4 cm³/mol. The SMILES string of the molecule is Cc1[nH]n(CCC(=O)C2CCCC2)c(=O)c1-c1c(O)c(=O)c1=O. The van der Waals surface area contributed by atoms with Crippen LogP contribution in [-0.4, -0.2) is 20.7 Å². The zero-order chi connectivity index (χ0) is 16.7. The molecule has 0 amide bonds. The molecule has 1 fully saturated rings. The van der Waals surface area contributed by atoms with E-state index >= 15 is 0 Å². The summed E-state index contributed by atoms with van der Waals surface area (Å²) in [4.78, 5) is 47.1. The first kappa shape index (κ1) is 15.5. The normalized spacial score (nSPS) is 15.5. The average molecular weight is 318 g/mol. The van der Waals surface area contributed by atoms with Crippen LogP contribution in [0, 0.1) is 12.8 Å². The van der Waals surface area contributed by atoms with Gasteiger partial charge in [-0.15, -0.1) is 0 Å². The Labute approximate surface area is 131 Å². The van der Waals surface area contributed by atoms with Crippen LogP contribution < -0.4 is 16.4 Å². The first-order valence-corrected chi connectivity index (χ1v) is 7.76. The number of nitrogens with one attached hydrogen (secondary N) is 1. The zero-order valence-electron chi connectivity index (χ0n) is 12.8. The number of carbonyl (C=O) groups is 1. The smallest absolute Gasteiger partial charge is 0.274 e. The largest absolute Gasteiger partial charge is 0.503 e. The van der Waals surface area contributed by atoms with Gasteiger partial charge in [0.15, 0.2) is 5.75 Å². The molecule has 0 atom stereocenters. The molecular weight excluding hydrogens is 300 g/mol. The van der Waals surface area contributed by atoms with Crippen molar-refractivity contribution >= 4 is 5.78 Å². The number of aromatic amines is 1. The molecule has 3 rings (SSSR count). The molecule has 2 N–H and O–H groups in total. The van der Waals surface area contributed by atoms with Crippen LogP contribution in [-0.2, 0) is 11.3 Å². The summed E-state index contributed by atoms with van der Waals surface area (Å²) in [5, 5.41) is 12.3. The number of rotatable bonds is 5. The number of carbonyl (C=O) groups excluding carboxylic acids is 1. The molecule has 1 aromatic heterocycles. The van der Waals surface area contributed by atoms with Crippen molar-refractivity contribution in [1.82, 2.24) is 9.78 Å². The van der Waals surface area contributed by atoms with Crippen LogP contribution in [0.25, 0.3) is 11.1 Å². The number of Topliss-reactive ketones (excluding diaryl/α,β-unsaturated/α-hetero) is 1. The minimum atomic E-state index is -0.969. The summed E-state index contributed by atoms with van der Waals surface area (Å²) < 4.78 is 1.26. The minimum Gasteiger partial charge on any atom is -0.503 e. The van der Waals surface area contributed by atoms with Gasteiger partial charge >= 0.3 is 0 Å². The van der Waals surface area contributed by atoms with E-state index in [2.05, 4.69) is 5.10 Å². The van der Waals surface area contributed by atoms with Gasteiger partial charge in [0.05, 0.1) is 11.1 Å². The second-order valence-corrected chi connectivity index (χ2v) is 6.15. The first-order valence-electron chi connectivity index (χ1n) is 7.76. The summed E-state index contributed by atoms with van der Waals surface area (Å²) >= 11 is 0. The Bertz CT molecular complexity index is 889. The number of H-pyrrole nitrogens is 1. The van der Waals surface area contributed by atoms with Gasteiger partial charge in [-0.3, -0.25) is 29.0 Å². The molecule has 0 aliphatic heterocycles. The lowest BCUT2D eigenvalue weighted by molar-refractivity contribution is -0.122. The second kappa shape index (κ2) is 5.64. The van der Waals surface area contributed by atoms with E-state index in [4.69, 9.17) is 0 Å². The molecule has 0 radical (unpaired) electrons. The van der Waals surface area contributed by atoms with E-state index < -0.39 is 22.2 Å². The fourth-order valence-electron chi connectivity index (χ4n) is 3.34. The Kier molecular flexibility index (Phi) is 3.79. The van der Waals surface area contributed by atoms with E-state index in [9.17, 15) is 24.3 Å². The number of aryl methyl sites for hydroxylation is 2. The monoisotopic (exact) mass is 318 g/mol. The fraction of sp³-hybridized carbons (Fsp3) is 0.500. The number of ketones is 1. The first-order chi connectivity index (χ1) is 10.9. The summed E-state index contributed by atoms with van der Waals surface area (Å²) in [6.07, 6.45) is 4.24. The fourth-order valence-corrected chi connectivity index (χ4v) is 3.34. The summed E-state index contributed by atoms with van der Waals surface area (Å²) in [6.45, 7) is 1.79. The Balaban J connectivity index is 1.82. The average Bonchev–Trinajstić information content (AvgIpc) is 3.16. The Morgan fingerprint density at radius 3 is 2.43 bits per heavy atom. The van der Waals surface area contributed by atoms with E-state index in [1.165, 1.54) is 4.68 Å². The van der Waals surface area contributed by atoms with Crippen molar-refractivity contribution in [1.29, 1.82) is 0 Å². The van der Waals surface area contributed by atoms with E-state index in [-0.39, 0.29) is 35.8 Å². The van der Waals surface area contributed by atoms with Gasteiger partial charge in [-0.05, 0) is 19.8 Å². The van der Waals surface area contributed by atoms with Crippen LogP contribution in [0.5, 0.6) is 5.75 Å². The van der Waals surface area contributed by atoms with Crippen molar-refractivity contribution in [2.45, 2.75) is 45.6 Å². The predicted octanol–water partition coefficient (Wildman–Crippen LogP) is 0.603. The van der Waals surface area contributed by atoms with Gasteiger partial charge < -0.3 is 5.11 Å². The van der Waals surface area contributed by atoms with Crippen molar-refractivity contribution in [3.05, 3.63) is 36.5 Å². The van der Waals surface area contributed by atoms with Crippen LogP contribution in [0.1, 0.15) is 37.8 Å². The molecule has 0 bridgehead atoms. The van der Waals surface area contributed by atoms with E-state index in [0.29, 0.717) is 5.69 Å². The topological polar surface area (TPSA) is 109 Å². The molecule has 23 heavy (non-hydrogen) atoms. The van der Waals surface area contributed by atoms with Gasteiger partial charge in [0, 0.05) is 24.6 Å². The zero-order valence-corrected chi connectivity index (χ0v) is 12.8. The third-order valence-corrected chi connectivity index (χ3v) is 4.66. The molecule has 1 heterocycles. The highest BCUT2D eigenvalue weighted by molar-refractivity contribution is 5.81. The van der Waals surface area contributed by atoms with Crippen molar-refractivity contribution < 1.29 is 9.90 Å². The lowest BCUT2D eigenvalue weighted by Crippen LogP contribution is -2.34. The number of hydrogen-bond donors (Lipinski definition) is 2. The summed E-state index contributed by atoms with van der Waals surface area (Å²) in [7, 11) is 0. The summed E-state index contributed by atoms with van der Waals surface area (Å²) in [6, 6.07) is 0.